The van der Waals surface area contributed by atoms with Gasteiger partial charge in [0.2, 0.25) is 0 Å². The molecule has 5 nitrogen and oxygen atoms in total. The molecule has 0 aliphatic carbocycles. The van der Waals surface area contributed by atoms with Gasteiger partial charge >= 0.3 is 5.97 Å². The molecule has 17 heavy (non-hydrogen) atoms. The van der Waals surface area contributed by atoms with E-state index in [4.69, 9.17) is 14.7 Å². The summed E-state index contributed by atoms with van der Waals surface area (Å²) < 4.78 is 10.2. The minimum atomic E-state index is -0.666. The Balaban J connectivity index is 2.61. The van der Waals surface area contributed by atoms with Gasteiger partial charge in [-0.15, -0.1) is 0 Å². The van der Waals surface area contributed by atoms with Crippen molar-refractivity contribution in [3.05, 3.63) is 29.8 Å². The SMILES string of the molecule is CCOC(=O)C(C)Oc1cccc(COO)c1. The van der Waals surface area contributed by atoms with Gasteiger partial charge in [0.15, 0.2) is 6.10 Å². The maximum absolute atomic E-state index is 11.3. The molecule has 0 radical (unpaired) electrons. The van der Waals surface area contributed by atoms with E-state index in [1.807, 2.05) is 0 Å². The number of benzene rings is 1. The van der Waals surface area contributed by atoms with Gasteiger partial charge in [0.05, 0.1) is 6.61 Å². The summed E-state index contributed by atoms with van der Waals surface area (Å²) in [6, 6.07) is 6.93. The zero-order valence-corrected chi connectivity index (χ0v) is 9.88. The maximum Gasteiger partial charge on any atom is 0.347 e. The molecule has 0 saturated heterocycles. The van der Waals surface area contributed by atoms with Gasteiger partial charge in [-0.05, 0) is 31.5 Å². The second-order valence-electron chi connectivity index (χ2n) is 3.43. The predicted molar refractivity (Wildman–Crippen MR) is 60.6 cm³/mol. The summed E-state index contributed by atoms with van der Waals surface area (Å²) in [7, 11) is 0. The minimum Gasteiger partial charge on any atom is -0.479 e. The van der Waals surface area contributed by atoms with Crippen LogP contribution in [0.3, 0.4) is 0 Å². The molecule has 0 aliphatic rings. The van der Waals surface area contributed by atoms with Gasteiger partial charge in [-0.2, -0.15) is 0 Å². The van der Waals surface area contributed by atoms with Crippen molar-refractivity contribution in [3.63, 3.8) is 0 Å². The fourth-order valence-electron chi connectivity index (χ4n) is 1.29. The van der Waals surface area contributed by atoms with E-state index in [1.54, 1.807) is 38.1 Å². The molecule has 0 aromatic heterocycles. The van der Waals surface area contributed by atoms with Crippen molar-refractivity contribution in [2.75, 3.05) is 6.61 Å². The van der Waals surface area contributed by atoms with Crippen LogP contribution in [0.2, 0.25) is 0 Å². The van der Waals surface area contributed by atoms with Crippen LogP contribution in [0.1, 0.15) is 19.4 Å². The lowest BCUT2D eigenvalue weighted by Crippen LogP contribution is -2.26. The molecule has 0 amide bonds. The highest BCUT2D eigenvalue weighted by Crippen LogP contribution is 2.15. The number of esters is 1. The summed E-state index contributed by atoms with van der Waals surface area (Å²) in [5.74, 6) is 0.122. The molecule has 1 unspecified atom stereocenters. The largest absolute Gasteiger partial charge is 0.479 e. The Morgan fingerprint density at radius 3 is 2.88 bits per heavy atom. The number of carbonyl (C=O) groups excluding carboxylic acids is 1. The van der Waals surface area contributed by atoms with Crippen molar-refractivity contribution in [1.82, 2.24) is 0 Å². The van der Waals surface area contributed by atoms with Crippen LogP contribution in [0.4, 0.5) is 0 Å². The number of carbonyl (C=O) groups is 1. The van der Waals surface area contributed by atoms with Crippen LogP contribution in [0.25, 0.3) is 0 Å². The van der Waals surface area contributed by atoms with Crippen LogP contribution in [-0.4, -0.2) is 23.9 Å². The number of hydrogen-bond acceptors (Lipinski definition) is 5. The first-order chi connectivity index (χ1) is 8.17. The average molecular weight is 240 g/mol. The van der Waals surface area contributed by atoms with Crippen molar-refractivity contribution in [1.29, 1.82) is 0 Å². The van der Waals surface area contributed by atoms with Crippen LogP contribution < -0.4 is 4.74 Å². The normalized spacial score (nSPS) is 11.9. The topological polar surface area (TPSA) is 65.0 Å². The van der Waals surface area contributed by atoms with E-state index in [0.29, 0.717) is 12.4 Å². The number of hydrogen-bond donors (Lipinski definition) is 1. The third kappa shape index (κ3) is 4.42. The Labute approximate surface area is 99.8 Å². The van der Waals surface area contributed by atoms with Crippen molar-refractivity contribution in [2.24, 2.45) is 0 Å². The zero-order valence-electron chi connectivity index (χ0n) is 9.88. The highest BCUT2D eigenvalue weighted by atomic mass is 17.1. The smallest absolute Gasteiger partial charge is 0.347 e. The van der Waals surface area contributed by atoms with Gasteiger partial charge in [-0.25, -0.2) is 9.68 Å². The molecule has 0 saturated carbocycles. The molecular formula is C12H16O5. The Morgan fingerprint density at radius 1 is 1.47 bits per heavy atom. The summed E-state index contributed by atoms with van der Waals surface area (Å²) >= 11 is 0. The third-order valence-electron chi connectivity index (χ3n) is 2.06. The Kier molecular flexibility index (Phi) is 5.45. The van der Waals surface area contributed by atoms with Gasteiger partial charge in [0, 0.05) is 0 Å². The van der Waals surface area contributed by atoms with Crippen molar-refractivity contribution < 1.29 is 24.4 Å². The Bertz CT molecular complexity index is 364. The molecule has 1 atom stereocenters. The standard InChI is InChI=1S/C12H16O5/c1-3-15-12(13)9(2)17-11-6-4-5-10(7-11)8-16-14/h4-7,9,14H,3,8H2,1-2H3. The van der Waals surface area contributed by atoms with Crippen molar-refractivity contribution >= 4 is 5.97 Å². The third-order valence-corrected chi connectivity index (χ3v) is 2.06. The van der Waals surface area contributed by atoms with Crippen LogP contribution in [0.15, 0.2) is 24.3 Å². The van der Waals surface area contributed by atoms with E-state index in [1.165, 1.54) is 0 Å². The Hall–Kier alpha value is -1.59. The molecule has 94 valence electrons. The first-order valence-electron chi connectivity index (χ1n) is 5.36. The van der Waals surface area contributed by atoms with E-state index in [2.05, 4.69) is 4.89 Å². The van der Waals surface area contributed by atoms with Crippen molar-refractivity contribution in [3.8, 4) is 5.75 Å². The van der Waals surface area contributed by atoms with Crippen LogP contribution in [0.5, 0.6) is 5.75 Å². The van der Waals surface area contributed by atoms with E-state index in [9.17, 15) is 4.79 Å². The van der Waals surface area contributed by atoms with E-state index in [0.717, 1.165) is 5.56 Å². The van der Waals surface area contributed by atoms with Gasteiger partial charge < -0.3 is 9.47 Å². The molecule has 5 heteroatoms. The quantitative estimate of drug-likeness (QED) is 0.468. The van der Waals surface area contributed by atoms with Crippen LogP contribution in [0, 0.1) is 0 Å². The fourth-order valence-corrected chi connectivity index (χ4v) is 1.29. The highest BCUT2D eigenvalue weighted by molar-refractivity contribution is 5.74. The number of rotatable bonds is 6. The molecule has 0 heterocycles. The highest BCUT2D eigenvalue weighted by Gasteiger charge is 2.15. The summed E-state index contributed by atoms with van der Waals surface area (Å²) in [5, 5.41) is 8.34. The van der Waals surface area contributed by atoms with Gasteiger partial charge in [0.25, 0.3) is 0 Å². The fraction of sp³-hybridized carbons (Fsp3) is 0.417. The number of ether oxygens (including phenoxy) is 2. The summed E-state index contributed by atoms with van der Waals surface area (Å²) in [6.07, 6.45) is -0.666. The first kappa shape index (κ1) is 13.5. The molecule has 1 N–H and O–H groups in total. The predicted octanol–water partition coefficient (Wildman–Crippen LogP) is 2.01. The molecule has 1 rings (SSSR count). The molecular weight excluding hydrogens is 224 g/mol. The minimum absolute atomic E-state index is 0.0744. The van der Waals surface area contributed by atoms with E-state index < -0.39 is 12.1 Å². The monoisotopic (exact) mass is 240 g/mol. The van der Waals surface area contributed by atoms with Gasteiger partial charge in [0.1, 0.15) is 12.4 Å². The second-order valence-corrected chi connectivity index (χ2v) is 3.43. The summed E-state index contributed by atoms with van der Waals surface area (Å²) in [4.78, 5) is 15.4. The maximum atomic E-state index is 11.3. The van der Waals surface area contributed by atoms with Gasteiger partial charge in [-0.3, -0.25) is 5.26 Å². The molecule has 1 aromatic rings. The molecule has 0 spiro atoms. The first-order valence-corrected chi connectivity index (χ1v) is 5.36. The Morgan fingerprint density at radius 2 is 2.24 bits per heavy atom. The molecule has 0 fully saturated rings. The van der Waals surface area contributed by atoms with Crippen molar-refractivity contribution in [2.45, 2.75) is 26.6 Å². The summed E-state index contributed by atoms with van der Waals surface area (Å²) in [6.45, 7) is 3.76. The lowest BCUT2D eigenvalue weighted by Gasteiger charge is -2.13. The van der Waals surface area contributed by atoms with Crippen LogP contribution >= 0.6 is 0 Å². The van der Waals surface area contributed by atoms with Crippen LogP contribution in [-0.2, 0) is 21.0 Å². The lowest BCUT2D eigenvalue weighted by molar-refractivity contribution is -0.253. The van der Waals surface area contributed by atoms with Gasteiger partial charge in [-0.1, -0.05) is 12.1 Å². The molecule has 1 aromatic carbocycles. The zero-order chi connectivity index (χ0) is 12.7. The summed E-state index contributed by atoms with van der Waals surface area (Å²) in [5.41, 5.74) is 0.751. The molecule has 0 bridgehead atoms. The van der Waals surface area contributed by atoms with E-state index >= 15 is 0 Å². The average Bonchev–Trinajstić information content (AvgIpc) is 2.30. The molecule has 0 aliphatic heterocycles. The lowest BCUT2D eigenvalue weighted by atomic mass is 10.2. The second kappa shape index (κ2) is 6.88. The van der Waals surface area contributed by atoms with E-state index in [-0.39, 0.29) is 6.61 Å².